The van der Waals surface area contributed by atoms with E-state index in [4.69, 9.17) is 4.79 Å². The lowest BCUT2D eigenvalue weighted by Gasteiger charge is -2.07. The van der Waals surface area contributed by atoms with Crippen LogP contribution < -0.4 is 5.32 Å². The lowest BCUT2D eigenvalue weighted by atomic mass is 10.3. The van der Waals surface area contributed by atoms with Gasteiger partial charge in [0.2, 0.25) is 0 Å². The molecule has 0 atom stereocenters. The number of imidazole rings is 1. The molecule has 0 saturated heterocycles. The average molecular weight is 291 g/mol. The standard InChI is InChI=1S/C13H17N3O.C2H4O2/c1-3-4-9-14-13(17)16-10(2)15-11-7-5-6-8-12(11)16;1-4-2-3/h5-8H,3-4,9H2,1-2H3,(H,14,17);2H,1H3. The second-order valence-electron chi connectivity index (χ2n) is 4.40. The van der Waals surface area contributed by atoms with Crippen LogP contribution in [0.1, 0.15) is 25.6 Å². The molecule has 21 heavy (non-hydrogen) atoms. The van der Waals surface area contributed by atoms with Gasteiger partial charge < -0.3 is 10.1 Å². The second-order valence-corrected chi connectivity index (χ2v) is 4.40. The summed E-state index contributed by atoms with van der Waals surface area (Å²) in [6.45, 7) is 5.03. The van der Waals surface area contributed by atoms with Gasteiger partial charge in [0.15, 0.2) is 0 Å². The number of nitrogens with one attached hydrogen (secondary N) is 1. The van der Waals surface area contributed by atoms with Crippen molar-refractivity contribution in [3.63, 3.8) is 0 Å². The molecule has 0 aliphatic carbocycles. The first-order valence-electron chi connectivity index (χ1n) is 6.84. The molecule has 1 aromatic carbocycles. The van der Waals surface area contributed by atoms with Crippen molar-refractivity contribution in [3.05, 3.63) is 30.1 Å². The fourth-order valence-corrected chi connectivity index (χ4v) is 1.85. The molecule has 1 heterocycles. The van der Waals surface area contributed by atoms with Gasteiger partial charge in [-0.1, -0.05) is 25.5 Å². The second kappa shape index (κ2) is 8.73. The third-order valence-electron chi connectivity index (χ3n) is 2.83. The fourth-order valence-electron chi connectivity index (χ4n) is 1.85. The summed E-state index contributed by atoms with van der Waals surface area (Å²) >= 11 is 0. The largest absolute Gasteiger partial charge is 0.471 e. The minimum absolute atomic E-state index is 0.0929. The van der Waals surface area contributed by atoms with Crippen molar-refractivity contribution in [1.82, 2.24) is 14.9 Å². The molecule has 1 N–H and O–H groups in total. The highest BCUT2D eigenvalue weighted by molar-refractivity contribution is 5.89. The molecule has 2 rings (SSSR count). The smallest absolute Gasteiger partial charge is 0.327 e. The van der Waals surface area contributed by atoms with Crippen LogP contribution in [0.2, 0.25) is 0 Å². The van der Waals surface area contributed by atoms with Crippen molar-refractivity contribution in [2.24, 2.45) is 0 Å². The maximum absolute atomic E-state index is 12.0. The number of carbonyl (C=O) groups is 2. The molecule has 0 aliphatic heterocycles. The lowest BCUT2D eigenvalue weighted by Crippen LogP contribution is -2.29. The van der Waals surface area contributed by atoms with Crippen LogP contribution in [0.5, 0.6) is 0 Å². The molecular weight excluding hydrogens is 270 g/mol. The number of aryl methyl sites for hydroxylation is 1. The number of hydrogen-bond acceptors (Lipinski definition) is 4. The maximum atomic E-state index is 12.0. The Morgan fingerprint density at radius 1 is 1.43 bits per heavy atom. The molecule has 0 bridgehead atoms. The molecule has 0 fully saturated rings. The van der Waals surface area contributed by atoms with Gasteiger partial charge in [0.25, 0.3) is 6.47 Å². The highest BCUT2D eigenvalue weighted by Crippen LogP contribution is 2.14. The van der Waals surface area contributed by atoms with Crippen LogP contribution in [0.4, 0.5) is 4.79 Å². The molecule has 1 amide bonds. The monoisotopic (exact) mass is 291 g/mol. The van der Waals surface area contributed by atoms with E-state index in [2.05, 4.69) is 22.0 Å². The Bertz CT molecular complexity index is 593. The van der Waals surface area contributed by atoms with Gasteiger partial charge >= 0.3 is 6.03 Å². The van der Waals surface area contributed by atoms with E-state index in [9.17, 15) is 4.79 Å². The van der Waals surface area contributed by atoms with Gasteiger partial charge in [-0.15, -0.1) is 0 Å². The number of para-hydroxylation sites is 2. The third kappa shape index (κ3) is 4.59. The van der Waals surface area contributed by atoms with Gasteiger partial charge in [0.05, 0.1) is 18.1 Å². The van der Waals surface area contributed by atoms with Crippen molar-refractivity contribution in [1.29, 1.82) is 0 Å². The van der Waals surface area contributed by atoms with E-state index in [0.717, 1.165) is 29.7 Å². The number of benzene rings is 1. The van der Waals surface area contributed by atoms with Crippen molar-refractivity contribution in [2.45, 2.75) is 26.7 Å². The van der Waals surface area contributed by atoms with Gasteiger partial charge in [-0.25, -0.2) is 14.3 Å². The van der Waals surface area contributed by atoms with Crippen LogP contribution in [0.3, 0.4) is 0 Å². The summed E-state index contributed by atoms with van der Waals surface area (Å²) in [6, 6.07) is 7.57. The molecule has 0 aliphatic rings. The molecule has 2 aromatic rings. The fraction of sp³-hybridized carbons (Fsp3) is 0.400. The summed E-state index contributed by atoms with van der Waals surface area (Å²) in [7, 11) is 1.31. The van der Waals surface area contributed by atoms with E-state index < -0.39 is 0 Å². The van der Waals surface area contributed by atoms with Crippen molar-refractivity contribution in [3.8, 4) is 0 Å². The number of rotatable bonds is 4. The first kappa shape index (κ1) is 16.7. The number of methoxy groups -OCH3 is 1. The highest BCUT2D eigenvalue weighted by Gasteiger charge is 2.12. The van der Waals surface area contributed by atoms with E-state index in [1.807, 2.05) is 31.2 Å². The molecule has 0 spiro atoms. The SMILES string of the molecule is CCCCNC(=O)n1c(C)nc2ccccc21.COC=O. The van der Waals surface area contributed by atoms with Gasteiger partial charge in [-0.2, -0.15) is 0 Å². The van der Waals surface area contributed by atoms with E-state index in [-0.39, 0.29) is 6.03 Å². The zero-order chi connectivity index (χ0) is 15.7. The first-order valence-corrected chi connectivity index (χ1v) is 6.84. The Morgan fingerprint density at radius 2 is 2.10 bits per heavy atom. The number of amides is 1. The normalized spacial score (nSPS) is 9.67. The summed E-state index contributed by atoms with van der Waals surface area (Å²) < 4.78 is 5.49. The number of ether oxygens (including phenoxy) is 1. The van der Waals surface area contributed by atoms with Gasteiger partial charge in [0, 0.05) is 6.54 Å². The van der Waals surface area contributed by atoms with Crippen molar-refractivity contribution < 1.29 is 14.3 Å². The number of fused-ring (bicyclic) bond motifs is 1. The minimum atomic E-state index is -0.0929. The lowest BCUT2D eigenvalue weighted by molar-refractivity contribution is -0.126. The molecule has 114 valence electrons. The average Bonchev–Trinajstić information content (AvgIpc) is 2.83. The minimum Gasteiger partial charge on any atom is -0.471 e. The Balaban J connectivity index is 0.000000491. The quantitative estimate of drug-likeness (QED) is 0.694. The van der Waals surface area contributed by atoms with Crippen molar-refractivity contribution in [2.75, 3.05) is 13.7 Å². The highest BCUT2D eigenvalue weighted by atomic mass is 16.5. The van der Waals surface area contributed by atoms with Crippen LogP contribution in [0.15, 0.2) is 24.3 Å². The Hall–Kier alpha value is -2.37. The van der Waals surface area contributed by atoms with Gasteiger partial charge in [-0.05, 0) is 25.5 Å². The Kier molecular flexibility index (Phi) is 6.94. The van der Waals surface area contributed by atoms with Crippen LogP contribution in [-0.2, 0) is 9.53 Å². The maximum Gasteiger partial charge on any atom is 0.327 e. The number of nitrogens with zero attached hydrogens (tertiary/aromatic N) is 2. The first-order chi connectivity index (χ1) is 10.2. The molecule has 6 heteroatoms. The Labute approximate surface area is 124 Å². The zero-order valence-corrected chi connectivity index (χ0v) is 12.6. The van der Waals surface area contributed by atoms with E-state index in [1.165, 1.54) is 7.11 Å². The molecular formula is C15H21N3O3. The summed E-state index contributed by atoms with van der Waals surface area (Å²) in [5.41, 5.74) is 1.72. The molecule has 0 radical (unpaired) electrons. The molecule has 6 nitrogen and oxygen atoms in total. The summed E-state index contributed by atoms with van der Waals surface area (Å²) in [6.07, 6.45) is 2.07. The van der Waals surface area contributed by atoms with Crippen LogP contribution in [0, 0.1) is 6.92 Å². The summed E-state index contributed by atoms with van der Waals surface area (Å²) in [5.74, 6) is 0.722. The summed E-state index contributed by atoms with van der Waals surface area (Å²) in [4.78, 5) is 25.3. The molecule has 1 aromatic heterocycles. The number of hydrogen-bond donors (Lipinski definition) is 1. The molecule has 0 saturated carbocycles. The number of carbonyl (C=O) groups excluding carboxylic acids is 2. The van der Waals surface area contributed by atoms with Crippen LogP contribution in [-0.4, -0.2) is 35.7 Å². The Morgan fingerprint density at radius 3 is 2.71 bits per heavy atom. The van der Waals surface area contributed by atoms with Crippen molar-refractivity contribution >= 4 is 23.5 Å². The van der Waals surface area contributed by atoms with E-state index in [0.29, 0.717) is 13.0 Å². The zero-order valence-electron chi connectivity index (χ0n) is 12.6. The summed E-state index contributed by atoms with van der Waals surface area (Å²) in [5, 5.41) is 2.90. The van der Waals surface area contributed by atoms with Crippen LogP contribution in [0.25, 0.3) is 11.0 Å². The predicted molar refractivity (Wildman–Crippen MR) is 81.2 cm³/mol. The third-order valence-corrected chi connectivity index (χ3v) is 2.83. The number of unbranched alkanes of at least 4 members (excludes halogenated alkanes) is 1. The van der Waals surface area contributed by atoms with E-state index >= 15 is 0 Å². The van der Waals surface area contributed by atoms with Crippen LogP contribution >= 0.6 is 0 Å². The van der Waals surface area contributed by atoms with E-state index in [1.54, 1.807) is 4.57 Å². The van der Waals surface area contributed by atoms with Gasteiger partial charge in [-0.3, -0.25) is 4.79 Å². The molecule has 0 unspecified atom stereocenters. The predicted octanol–water partition coefficient (Wildman–Crippen LogP) is 2.49. The number of aromatic nitrogens is 2. The van der Waals surface area contributed by atoms with Gasteiger partial charge in [0.1, 0.15) is 5.82 Å². The topological polar surface area (TPSA) is 73.2 Å².